The fourth-order valence-corrected chi connectivity index (χ4v) is 2.03. The van der Waals surface area contributed by atoms with Crippen molar-refractivity contribution in [1.82, 2.24) is 5.32 Å². The average molecular weight is 239 g/mol. The molecule has 1 aliphatic heterocycles. The van der Waals surface area contributed by atoms with Crippen LogP contribution in [-0.2, 0) is 6.42 Å². The summed E-state index contributed by atoms with van der Waals surface area (Å²) >= 11 is 0. The van der Waals surface area contributed by atoms with Crippen LogP contribution in [0.1, 0.15) is 18.9 Å². The number of benzene rings is 1. The van der Waals surface area contributed by atoms with Gasteiger partial charge in [0, 0.05) is 31.2 Å². The van der Waals surface area contributed by atoms with E-state index < -0.39 is 0 Å². The Morgan fingerprint density at radius 3 is 3.18 bits per heavy atom. The molecule has 94 valence electrons. The Morgan fingerprint density at radius 1 is 1.59 bits per heavy atom. The molecule has 0 fully saturated rings. The van der Waals surface area contributed by atoms with Gasteiger partial charge in [-0.15, -0.1) is 0 Å². The van der Waals surface area contributed by atoms with Gasteiger partial charge in [-0.05, 0) is 31.5 Å². The molecular weight excluding hydrogens is 221 g/mol. The van der Waals surface area contributed by atoms with Gasteiger partial charge < -0.3 is 15.2 Å². The zero-order valence-corrected chi connectivity index (χ0v) is 9.95. The third-order valence-corrected chi connectivity index (χ3v) is 3.02. The van der Waals surface area contributed by atoms with Crippen molar-refractivity contribution in [3.05, 3.63) is 29.6 Å². The summed E-state index contributed by atoms with van der Waals surface area (Å²) < 4.78 is 18.7. The Hall–Kier alpha value is -1.13. The van der Waals surface area contributed by atoms with Crippen LogP contribution >= 0.6 is 0 Å². The number of ether oxygens (including phenoxy) is 1. The van der Waals surface area contributed by atoms with E-state index in [-0.39, 0.29) is 24.6 Å². The molecule has 0 aliphatic carbocycles. The maximum atomic E-state index is 13.0. The summed E-state index contributed by atoms with van der Waals surface area (Å²) in [6, 6.07) is 4.90. The molecule has 2 unspecified atom stereocenters. The Morgan fingerprint density at radius 2 is 2.41 bits per heavy atom. The normalized spacial score (nSPS) is 19.8. The van der Waals surface area contributed by atoms with Gasteiger partial charge >= 0.3 is 0 Å². The molecule has 1 aromatic rings. The summed E-state index contributed by atoms with van der Waals surface area (Å²) in [5.74, 6) is 0.572. The summed E-state index contributed by atoms with van der Waals surface area (Å²) in [6.07, 6.45) is 1.54. The van der Waals surface area contributed by atoms with Crippen molar-refractivity contribution < 1.29 is 14.2 Å². The minimum absolute atomic E-state index is 0.0629. The van der Waals surface area contributed by atoms with Crippen LogP contribution in [0.4, 0.5) is 4.39 Å². The minimum atomic E-state index is -0.213. The second kappa shape index (κ2) is 5.47. The van der Waals surface area contributed by atoms with Crippen molar-refractivity contribution in [2.24, 2.45) is 0 Å². The first-order chi connectivity index (χ1) is 8.19. The van der Waals surface area contributed by atoms with Crippen LogP contribution in [0.3, 0.4) is 0 Å². The van der Waals surface area contributed by atoms with Crippen molar-refractivity contribution >= 4 is 0 Å². The second-order valence-corrected chi connectivity index (χ2v) is 4.52. The molecule has 0 saturated heterocycles. The molecule has 2 rings (SSSR count). The number of rotatable bonds is 5. The predicted molar refractivity (Wildman–Crippen MR) is 63.7 cm³/mol. The molecule has 4 heteroatoms. The van der Waals surface area contributed by atoms with Gasteiger partial charge in [0.25, 0.3) is 0 Å². The lowest BCUT2D eigenvalue weighted by atomic mass is 10.1. The van der Waals surface area contributed by atoms with E-state index in [1.807, 2.05) is 6.92 Å². The second-order valence-electron chi connectivity index (χ2n) is 4.52. The molecular formula is C13H18FNO2. The first-order valence-corrected chi connectivity index (χ1v) is 5.98. The predicted octanol–water partition coefficient (Wildman–Crippen LogP) is 1.49. The topological polar surface area (TPSA) is 41.5 Å². The Bertz CT molecular complexity index is 384. The smallest absolute Gasteiger partial charge is 0.123 e. The van der Waals surface area contributed by atoms with Crippen LogP contribution in [0.25, 0.3) is 0 Å². The largest absolute Gasteiger partial charge is 0.488 e. The van der Waals surface area contributed by atoms with Gasteiger partial charge in [-0.25, -0.2) is 4.39 Å². The number of halogens is 1. The summed E-state index contributed by atoms with van der Waals surface area (Å²) in [5.41, 5.74) is 0.937. The van der Waals surface area contributed by atoms with Gasteiger partial charge in [-0.1, -0.05) is 0 Å². The molecule has 1 aromatic carbocycles. The lowest BCUT2D eigenvalue weighted by molar-refractivity contribution is 0.213. The van der Waals surface area contributed by atoms with E-state index in [0.717, 1.165) is 30.7 Å². The van der Waals surface area contributed by atoms with Crippen LogP contribution < -0.4 is 10.1 Å². The van der Waals surface area contributed by atoms with Gasteiger partial charge in [0.05, 0.1) is 0 Å². The average Bonchev–Trinajstić information content (AvgIpc) is 2.68. The zero-order valence-electron chi connectivity index (χ0n) is 9.95. The monoisotopic (exact) mass is 239 g/mol. The molecule has 2 N–H and O–H groups in total. The Labute approximate surface area is 101 Å². The lowest BCUT2D eigenvalue weighted by Crippen LogP contribution is -2.36. The SMILES string of the molecule is CC(CCO)NCC1Cc2cc(F)ccc2O1. The summed E-state index contributed by atoms with van der Waals surface area (Å²) in [7, 11) is 0. The van der Waals surface area contributed by atoms with Crippen LogP contribution in [0, 0.1) is 5.82 Å². The molecule has 2 atom stereocenters. The van der Waals surface area contributed by atoms with E-state index in [2.05, 4.69) is 5.32 Å². The first-order valence-electron chi connectivity index (χ1n) is 5.98. The molecule has 3 nitrogen and oxygen atoms in total. The van der Waals surface area contributed by atoms with Gasteiger partial charge in [-0.3, -0.25) is 0 Å². The Kier molecular flexibility index (Phi) is 3.97. The third-order valence-electron chi connectivity index (χ3n) is 3.02. The number of aliphatic hydroxyl groups is 1. The molecule has 0 spiro atoms. The molecule has 17 heavy (non-hydrogen) atoms. The van der Waals surface area contributed by atoms with Crippen LogP contribution in [0.15, 0.2) is 18.2 Å². The number of nitrogens with one attached hydrogen (secondary N) is 1. The maximum Gasteiger partial charge on any atom is 0.123 e. The van der Waals surface area contributed by atoms with Crippen molar-refractivity contribution in [2.45, 2.75) is 31.9 Å². The molecule has 1 aliphatic rings. The van der Waals surface area contributed by atoms with E-state index >= 15 is 0 Å². The highest BCUT2D eigenvalue weighted by Crippen LogP contribution is 2.28. The number of aliphatic hydroxyl groups excluding tert-OH is 1. The summed E-state index contributed by atoms with van der Waals surface area (Å²) in [6.45, 7) is 2.93. The quantitative estimate of drug-likeness (QED) is 0.818. The molecule has 0 bridgehead atoms. The van der Waals surface area contributed by atoms with Crippen LogP contribution in [0.5, 0.6) is 5.75 Å². The molecule has 0 radical (unpaired) electrons. The first kappa shape index (κ1) is 12.3. The van der Waals surface area contributed by atoms with Crippen molar-refractivity contribution in [3.63, 3.8) is 0 Å². The van der Waals surface area contributed by atoms with Gasteiger partial charge in [-0.2, -0.15) is 0 Å². The number of hydrogen-bond donors (Lipinski definition) is 2. The zero-order chi connectivity index (χ0) is 12.3. The minimum Gasteiger partial charge on any atom is -0.488 e. The van der Waals surface area contributed by atoms with E-state index in [1.165, 1.54) is 12.1 Å². The summed E-state index contributed by atoms with van der Waals surface area (Å²) in [4.78, 5) is 0. The van der Waals surface area contributed by atoms with Crippen molar-refractivity contribution in [2.75, 3.05) is 13.2 Å². The number of fused-ring (bicyclic) bond motifs is 1. The highest BCUT2D eigenvalue weighted by atomic mass is 19.1. The fraction of sp³-hybridized carbons (Fsp3) is 0.538. The number of hydrogen-bond acceptors (Lipinski definition) is 3. The van der Waals surface area contributed by atoms with E-state index in [9.17, 15) is 4.39 Å². The van der Waals surface area contributed by atoms with Gasteiger partial charge in [0.1, 0.15) is 17.7 Å². The third kappa shape index (κ3) is 3.17. The van der Waals surface area contributed by atoms with E-state index in [0.29, 0.717) is 0 Å². The Balaban J connectivity index is 1.84. The fourth-order valence-electron chi connectivity index (χ4n) is 2.03. The highest BCUT2D eigenvalue weighted by molar-refractivity contribution is 5.37. The van der Waals surface area contributed by atoms with Gasteiger partial charge in [0.15, 0.2) is 0 Å². The van der Waals surface area contributed by atoms with Crippen LogP contribution in [-0.4, -0.2) is 30.4 Å². The molecule has 0 amide bonds. The van der Waals surface area contributed by atoms with E-state index in [1.54, 1.807) is 6.07 Å². The maximum absolute atomic E-state index is 13.0. The van der Waals surface area contributed by atoms with Crippen LogP contribution in [0.2, 0.25) is 0 Å². The molecule has 0 saturated carbocycles. The van der Waals surface area contributed by atoms with Crippen molar-refractivity contribution in [3.8, 4) is 5.75 Å². The van der Waals surface area contributed by atoms with Crippen molar-refractivity contribution in [1.29, 1.82) is 0 Å². The van der Waals surface area contributed by atoms with E-state index in [4.69, 9.17) is 9.84 Å². The molecule has 1 heterocycles. The summed E-state index contributed by atoms with van der Waals surface area (Å²) in [5, 5.41) is 12.1. The molecule has 0 aromatic heterocycles. The van der Waals surface area contributed by atoms with Gasteiger partial charge in [0.2, 0.25) is 0 Å². The lowest BCUT2D eigenvalue weighted by Gasteiger charge is -2.16. The standard InChI is InChI=1S/C13H18FNO2/c1-9(4-5-16)15-8-12-7-10-6-11(14)2-3-13(10)17-12/h2-3,6,9,12,15-16H,4-5,7-8H2,1H3. The highest BCUT2D eigenvalue weighted by Gasteiger charge is 2.23.